The minimum Gasteiger partial charge on any atom is -0.377 e. The fraction of sp³-hybridized carbons (Fsp3) is 0.314. The number of hydrogen-bond acceptors (Lipinski definition) is 8. The largest absolute Gasteiger partial charge is 0.377 e. The van der Waals surface area contributed by atoms with Gasteiger partial charge in [0, 0.05) is 110 Å². The van der Waals surface area contributed by atoms with Gasteiger partial charge in [-0.2, -0.15) is 0 Å². The number of imide groups is 2. The van der Waals surface area contributed by atoms with E-state index < -0.39 is 0 Å². The number of nitrogens with zero attached hydrogens (tertiary/aromatic N) is 4. The molecule has 0 aliphatic carbocycles. The van der Waals surface area contributed by atoms with Gasteiger partial charge in [0.2, 0.25) is 0 Å². The van der Waals surface area contributed by atoms with Crippen LogP contribution in [0.25, 0.3) is 21.5 Å². The third-order valence-corrected chi connectivity index (χ3v) is 8.63. The second-order valence-electron chi connectivity index (χ2n) is 11.9. The average Bonchev–Trinajstić information content (AvgIpc) is 3.03. The normalized spacial score (nSPS) is 14.2. The van der Waals surface area contributed by atoms with Gasteiger partial charge in [0.1, 0.15) is 0 Å². The third kappa shape index (κ3) is 5.30. The van der Waals surface area contributed by atoms with E-state index in [1.165, 1.54) is 9.80 Å². The Bertz CT molecular complexity index is 1670. The average molecular weight is 607 g/mol. The van der Waals surface area contributed by atoms with E-state index in [2.05, 4.69) is 10.6 Å². The van der Waals surface area contributed by atoms with Gasteiger partial charge in [0.05, 0.1) is 0 Å². The van der Waals surface area contributed by atoms with E-state index in [0.29, 0.717) is 48.4 Å². The molecule has 0 radical (unpaired) electrons. The Kier molecular flexibility index (Phi) is 8.26. The summed E-state index contributed by atoms with van der Waals surface area (Å²) in [6, 6.07) is 18.7. The molecule has 45 heavy (non-hydrogen) atoms. The highest BCUT2D eigenvalue weighted by Gasteiger charge is 2.34. The summed E-state index contributed by atoms with van der Waals surface area (Å²) in [5.74, 6) is -1.07. The van der Waals surface area contributed by atoms with Gasteiger partial charge in [-0.25, -0.2) is 0 Å². The van der Waals surface area contributed by atoms with Gasteiger partial charge in [-0.15, -0.1) is 0 Å². The van der Waals surface area contributed by atoms with E-state index in [-0.39, 0.29) is 36.7 Å². The zero-order valence-corrected chi connectivity index (χ0v) is 26.1. The lowest BCUT2D eigenvalue weighted by Gasteiger charge is -2.29. The SMILES string of the molecule is CN(C)c1ccc2c3c(cccc13)C(=O)N(CCNCCCNCCN1C(=O)c3cccc4c(N(C)C)ccc(c34)C1=O)C2=O. The Morgan fingerprint density at radius 1 is 0.511 bits per heavy atom. The maximum absolute atomic E-state index is 13.3. The Morgan fingerprint density at radius 2 is 0.889 bits per heavy atom. The summed E-state index contributed by atoms with van der Waals surface area (Å²) < 4.78 is 0. The van der Waals surface area contributed by atoms with E-state index >= 15 is 0 Å². The van der Waals surface area contributed by atoms with Crippen molar-refractivity contribution in [1.82, 2.24) is 20.4 Å². The Labute approximate surface area is 262 Å². The van der Waals surface area contributed by atoms with Crippen molar-refractivity contribution in [3.63, 3.8) is 0 Å². The van der Waals surface area contributed by atoms with Crippen LogP contribution in [-0.4, -0.2) is 101 Å². The van der Waals surface area contributed by atoms with Gasteiger partial charge < -0.3 is 20.4 Å². The molecule has 6 rings (SSSR count). The quantitative estimate of drug-likeness (QED) is 0.186. The molecule has 10 heteroatoms. The number of carbonyl (C=O) groups is 4. The highest BCUT2D eigenvalue weighted by atomic mass is 16.2. The van der Waals surface area contributed by atoms with E-state index in [1.54, 1.807) is 12.1 Å². The first-order valence-corrected chi connectivity index (χ1v) is 15.3. The van der Waals surface area contributed by atoms with Crippen molar-refractivity contribution in [2.75, 3.05) is 77.3 Å². The molecule has 0 unspecified atom stereocenters. The van der Waals surface area contributed by atoms with Gasteiger partial charge in [-0.05, 0) is 55.9 Å². The molecule has 0 atom stereocenters. The van der Waals surface area contributed by atoms with Crippen LogP contribution in [0, 0.1) is 0 Å². The van der Waals surface area contributed by atoms with Crippen LogP contribution in [0.2, 0.25) is 0 Å². The van der Waals surface area contributed by atoms with Gasteiger partial charge >= 0.3 is 0 Å². The number of amides is 4. The van der Waals surface area contributed by atoms with Gasteiger partial charge in [-0.1, -0.05) is 24.3 Å². The van der Waals surface area contributed by atoms with Crippen LogP contribution in [0.5, 0.6) is 0 Å². The van der Waals surface area contributed by atoms with Crippen molar-refractivity contribution in [2.24, 2.45) is 0 Å². The second kappa shape index (κ2) is 12.3. The minimum atomic E-state index is -0.267. The summed E-state index contributed by atoms with van der Waals surface area (Å²) in [4.78, 5) is 59.7. The fourth-order valence-corrected chi connectivity index (χ4v) is 6.42. The predicted octanol–water partition coefficient (Wildman–Crippen LogP) is 3.59. The topological polar surface area (TPSA) is 105 Å². The van der Waals surface area contributed by atoms with E-state index in [1.807, 2.05) is 86.5 Å². The van der Waals surface area contributed by atoms with E-state index in [4.69, 9.17) is 0 Å². The number of anilines is 2. The maximum atomic E-state index is 13.3. The molecule has 0 fully saturated rings. The van der Waals surface area contributed by atoms with Crippen LogP contribution in [0.1, 0.15) is 47.9 Å². The smallest absolute Gasteiger partial charge is 0.261 e. The predicted molar refractivity (Wildman–Crippen MR) is 178 cm³/mol. The van der Waals surface area contributed by atoms with Crippen molar-refractivity contribution in [3.05, 3.63) is 82.9 Å². The molecule has 4 amide bonds. The van der Waals surface area contributed by atoms with Crippen molar-refractivity contribution in [2.45, 2.75) is 6.42 Å². The molecular weight excluding hydrogens is 568 g/mol. The molecule has 0 aromatic heterocycles. The summed E-state index contributed by atoms with van der Waals surface area (Å²) in [5.41, 5.74) is 4.16. The molecule has 0 bridgehead atoms. The Hall–Kier alpha value is -4.80. The third-order valence-electron chi connectivity index (χ3n) is 8.63. The first kappa shape index (κ1) is 30.2. The number of nitrogens with one attached hydrogen (secondary N) is 2. The molecular formula is C35H38N6O4. The summed E-state index contributed by atoms with van der Waals surface area (Å²) in [6.45, 7) is 2.89. The molecule has 4 aromatic carbocycles. The monoisotopic (exact) mass is 606 g/mol. The molecule has 10 nitrogen and oxygen atoms in total. The van der Waals surface area contributed by atoms with Gasteiger partial charge in [0.25, 0.3) is 23.6 Å². The van der Waals surface area contributed by atoms with Crippen molar-refractivity contribution in [3.8, 4) is 0 Å². The molecule has 0 spiro atoms. The standard InChI is InChI=1S/C35H38N6O4/c1-38(2)28-14-12-26-30-22(28)8-5-10-24(30)32(42)40(34(26)44)20-18-36-16-7-17-37-19-21-41-33(43)25-11-6-9-23-29(39(3)4)15-13-27(31(23)25)35(41)45/h5-6,8-15,36-37H,7,16-21H2,1-4H3. The zero-order chi connectivity index (χ0) is 31.8. The zero-order valence-electron chi connectivity index (χ0n) is 26.1. The Morgan fingerprint density at radius 3 is 1.27 bits per heavy atom. The lowest BCUT2D eigenvalue weighted by atomic mass is 9.93. The molecule has 0 saturated heterocycles. The molecule has 232 valence electrons. The van der Waals surface area contributed by atoms with Crippen molar-refractivity contribution in [1.29, 1.82) is 0 Å². The number of rotatable bonds is 12. The van der Waals surface area contributed by atoms with Crippen LogP contribution >= 0.6 is 0 Å². The molecule has 2 heterocycles. The highest BCUT2D eigenvalue weighted by Crippen LogP contribution is 2.36. The van der Waals surface area contributed by atoms with Crippen LogP contribution < -0.4 is 20.4 Å². The maximum Gasteiger partial charge on any atom is 0.261 e. The summed E-state index contributed by atoms with van der Waals surface area (Å²) in [6.07, 6.45) is 0.800. The van der Waals surface area contributed by atoms with Gasteiger partial charge in [-0.3, -0.25) is 29.0 Å². The number of carbonyl (C=O) groups excluding carboxylic acids is 4. The second-order valence-corrected chi connectivity index (χ2v) is 11.9. The fourth-order valence-electron chi connectivity index (χ4n) is 6.42. The first-order chi connectivity index (χ1) is 21.7. The lowest BCUT2D eigenvalue weighted by Crippen LogP contribution is -2.44. The Balaban J connectivity index is 0.964. The highest BCUT2D eigenvalue weighted by molar-refractivity contribution is 6.27. The van der Waals surface area contributed by atoms with Crippen LogP contribution in [0.15, 0.2) is 60.7 Å². The minimum absolute atomic E-state index is 0.267. The molecule has 2 aliphatic heterocycles. The molecule has 4 aromatic rings. The van der Waals surface area contributed by atoms with E-state index in [0.717, 1.165) is 39.3 Å². The number of benzene rings is 4. The first-order valence-electron chi connectivity index (χ1n) is 15.3. The van der Waals surface area contributed by atoms with Crippen molar-refractivity contribution < 1.29 is 19.2 Å². The lowest BCUT2D eigenvalue weighted by molar-refractivity contribution is 0.0597. The number of hydrogen-bond donors (Lipinski definition) is 2. The van der Waals surface area contributed by atoms with E-state index in [9.17, 15) is 19.2 Å². The van der Waals surface area contributed by atoms with Crippen LogP contribution in [0.3, 0.4) is 0 Å². The van der Waals surface area contributed by atoms with Crippen LogP contribution in [-0.2, 0) is 0 Å². The molecule has 2 N–H and O–H groups in total. The molecule has 0 saturated carbocycles. The van der Waals surface area contributed by atoms with Gasteiger partial charge in [0.15, 0.2) is 0 Å². The van der Waals surface area contributed by atoms with Crippen molar-refractivity contribution >= 4 is 56.5 Å². The molecule has 2 aliphatic rings. The summed E-state index contributed by atoms with van der Waals surface area (Å²) in [7, 11) is 7.78. The van der Waals surface area contributed by atoms with Crippen LogP contribution in [0.4, 0.5) is 11.4 Å². The summed E-state index contributed by atoms with van der Waals surface area (Å²) in [5, 5.41) is 9.89. The summed E-state index contributed by atoms with van der Waals surface area (Å²) >= 11 is 0.